The maximum absolute atomic E-state index is 14.2. The highest BCUT2D eigenvalue weighted by atomic mass is 32.2. The van der Waals surface area contributed by atoms with Crippen molar-refractivity contribution in [2.45, 2.75) is 124 Å². The van der Waals surface area contributed by atoms with Crippen molar-refractivity contribution in [1.82, 2.24) is 9.88 Å². The number of esters is 3. The maximum Gasteiger partial charge on any atom is 0.341 e. The Labute approximate surface area is 366 Å². The Morgan fingerprint density at radius 3 is 2.52 bits per heavy atom. The first kappa shape index (κ1) is 43.6. The molecule has 5 aliphatic rings. The summed E-state index contributed by atoms with van der Waals surface area (Å²) in [5, 5.41) is 22.2. The number of hydrogen-bond donors (Lipinski definition) is 2. The topological polar surface area (TPSA) is 163 Å². The predicted molar refractivity (Wildman–Crippen MR) is 229 cm³/mol. The van der Waals surface area contributed by atoms with Crippen molar-refractivity contribution in [3.05, 3.63) is 94.0 Å². The average Bonchev–Trinajstić information content (AvgIpc) is 3.94. The Bertz CT molecular complexity index is 2340. The molecule has 0 bridgehead atoms. The SMILES string of the molecule is COC(=O)CC(O)(CCCC(C)(C)O)C(=O)O[C@@H]1C(OC)=C[C@]23CCCN2C(OC(=O)c2ccc(C#Cc4ccc5c(c4)C(C)(C)CCS5)nc2)Cc2cc4c(cc2[C@H]13)OCO4. The van der Waals surface area contributed by atoms with Crippen LogP contribution in [-0.4, -0.2) is 100 Å². The molecule has 2 aromatic carbocycles. The van der Waals surface area contributed by atoms with E-state index in [9.17, 15) is 24.6 Å². The van der Waals surface area contributed by atoms with Crippen LogP contribution in [0.3, 0.4) is 0 Å². The average molecular weight is 867 g/mol. The summed E-state index contributed by atoms with van der Waals surface area (Å²) >= 11 is 1.88. The van der Waals surface area contributed by atoms with Crippen LogP contribution in [0, 0.1) is 11.8 Å². The lowest BCUT2D eigenvalue weighted by atomic mass is 9.77. The number of thioether (sulfide) groups is 1. The number of hydrogen-bond acceptors (Lipinski definition) is 14. The molecule has 1 spiro atoms. The van der Waals surface area contributed by atoms with Gasteiger partial charge in [-0.25, -0.2) is 14.6 Å². The summed E-state index contributed by atoms with van der Waals surface area (Å²) in [6.07, 6.45) is 4.02. The minimum atomic E-state index is -2.25. The van der Waals surface area contributed by atoms with Crippen molar-refractivity contribution < 1.29 is 53.0 Å². The zero-order valence-corrected chi connectivity index (χ0v) is 36.9. The van der Waals surface area contributed by atoms with Gasteiger partial charge < -0.3 is 38.6 Å². The molecule has 0 radical (unpaired) electrons. The van der Waals surface area contributed by atoms with E-state index in [1.165, 1.54) is 30.9 Å². The third-order valence-corrected chi connectivity index (χ3v) is 14.0. The first-order valence-electron chi connectivity index (χ1n) is 21.2. The Morgan fingerprint density at radius 2 is 1.79 bits per heavy atom. The molecular weight excluding hydrogens is 813 g/mol. The van der Waals surface area contributed by atoms with Gasteiger partial charge in [-0.2, -0.15) is 0 Å². The molecule has 8 rings (SSSR count). The Morgan fingerprint density at radius 1 is 1.00 bits per heavy atom. The fraction of sp³-hybridized carbons (Fsp3) is 0.500. The van der Waals surface area contributed by atoms with Crippen molar-refractivity contribution in [3.8, 4) is 23.3 Å². The van der Waals surface area contributed by atoms with E-state index in [2.05, 4.69) is 47.7 Å². The predicted octanol–water partition coefficient (Wildman–Crippen LogP) is 6.33. The van der Waals surface area contributed by atoms with Gasteiger partial charge in [0.2, 0.25) is 6.79 Å². The number of aliphatic hydroxyl groups is 2. The summed E-state index contributed by atoms with van der Waals surface area (Å²) < 4.78 is 35.2. The highest BCUT2D eigenvalue weighted by molar-refractivity contribution is 7.99. The van der Waals surface area contributed by atoms with Gasteiger partial charge in [-0.05, 0) is 135 Å². The van der Waals surface area contributed by atoms with Crippen LogP contribution in [0.15, 0.2) is 65.4 Å². The van der Waals surface area contributed by atoms with E-state index >= 15 is 0 Å². The number of benzene rings is 2. The van der Waals surface area contributed by atoms with Crippen LogP contribution >= 0.6 is 11.8 Å². The molecule has 1 saturated heterocycles. The third kappa shape index (κ3) is 8.52. The number of carbonyl (C=O) groups excluding carboxylic acids is 3. The summed E-state index contributed by atoms with van der Waals surface area (Å²) in [4.78, 5) is 48.8. The quantitative estimate of drug-likeness (QED) is 0.125. The van der Waals surface area contributed by atoms with E-state index in [0.29, 0.717) is 35.9 Å². The molecule has 2 unspecified atom stereocenters. The molecule has 1 aromatic heterocycles. The molecule has 62 heavy (non-hydrogen) atoms. The normalized spacial score (nSPS) is 24.1. The minimum absolute atomic E-state index is 0.0296. The molecule has 3 aromatic rings. The van der Waals surface area contributed by atoms with Crippen molar-refractivity contribution in [1.29, 1.82) is 0 Å². The number of pyridine rings is 1. The van der Waals surface area contributed by atoms with Crippen molar-refractivity contribution in [2.24, 2.45) is 0 Å². The van der Waals surface area contributed by atoms with Gasteiger partial charge in [0.05, 0.1) is 43.3 Å². The Kier molecular flexibility index (Phi) is 11.9. The second-order valence-corrected chi connectivity index (χ2v) is 19.3. The van der Waals surface area contributed by atoms with Crippen molar-refractivity contribution in [2.75, 3.05) is 33.3 Å². The largest absolute Gasteiger partial charge is 0.497 e. The fourth-order valence-electron chi connectivity index (χ4n) is 9.58. The molecule has 14 heteroatoms. The molecule has 0 saturated carbocycles. The van der Waals surface area contributed by atoms with E-state index < -0.39 is 59.3 Å². The molecule has 5 atom stereocenters. The van der Waals surface area contributed by atoms with E-state index in [1.807, 2.05) is 36.0 Å². The number of fused-ring (bicyclic) bond motifs is 4. The lowest BCUT2D eigenvalue weighted by Gasteiger charge is -2.42. The van der Waals surface area contributed by atoms with Gasteiger partial charge in [0, 0.05) is 29.6 Å². The number of nitrogens with zero attached hydrogens (tertiary/aromatic N) is 2. The summed E-state index contributed by atoms with van der Waals surface area (Å²) in [5.74, 6) is 5.93. The zero-order valence-electron chi connectivity index (χ0n) is 36.1. The van der Waals surface area contributed by atoms with E-state index in [0.717, 1.165) is 35.3 Å². The van der Waals surface area contributed by atoms with E-state index in [1.54, 1.807) is 26.0 Å². The highest BCUT2D eigenvalue weighted by Gasteiger charge is 2.61. The smallest absolute Gasteiger partial charge is 0.341 e. The first-order chi connectivity index (χ1) is 29.5. The van der Waals surface area contributed by atoms with Crippen LogP contribution in [0.5, 0.6) is 11.5 Å². The lowest BCUT2D eigenvalue weighted by molar-refractivity contribution is -0.179. The third-order valence-electron chi connectivity index (χ3n) is 12.9. The molecular formula is C48H54N2O11S. The van der Waals surface area contributed by atoms with Crippen LogP contribution < -0.4 is 9.47 Å². The first-order valence-corrected chi connectivity index (χ1v) is 22.2. The van der Waals surface area contributed by atoms with Gasteiger partial charge in [-0.15, -0.1) is 11.8 Å². The van der Waals surface area contributed by atoms with E-state index in [4.69, 9.17) is 28.4 Å². The van der Waals surface area contributed by atoms with E-state index in [-0.39, 0.29) is 43.5 Å². The summed E-state index contributed by atoms with van der Waals surface area (Å²) in [5.41, 5.74) is 0.499. The molecule has 5 heterocycles. The number of aromatic nitrogens is 1. The van der Waals surface area contributed by atoms with Crippen molar-refractivity contribution in [3.63, 3.8) is 0 Å². The molecule has 1 aliphatic carbocycles. The fourth-order valence-corrected chi connectivity index (χ4v) is 11.1. The molecule has 13 nitrogen and oxygen atoms in total. The van der Waals surface area contributed by atoms with Gasteiger partial charge in [0.15, 0.2) is 29.4 Å². The number of carbonyl (C=O) groups is 3. The van der Waals surface area contributed by atoms with Crippen LogP contribution in [0.1, 0.15) is 117 Å². The molecule has 4 aliphatic heterocycles. The van der Waals surface area contributed by atoms with Crippen LogP contribution in [0.25, 0.3) is 0 Å². The number of methoxy groups -OCH3 is 2. The van der Waals surface area contributed by atoms with Gasteiger partial charge in [0.1, 0.15) is 11.5 Å². The second-order valence-electron chi connectivity index (χ2n) is 18.1. The molecule has 328 valence electrons. The Balaban J connectivity index is 1.07. The molecule has 2 N–H and O–H groups in total. The summed E-state index contributed by atoms with van der Waals surface area (Å²) in [7, 11) is 2.67. The van der Waals surface area contributed by atoms with Crippen LogP contribution in [0.4, 0.5) is 0 Å². The van der Waals surface area contributed by atoms with Crippen LogP contribution in [-0.2, 0) is 40.4 Å². The maximum atomic E-state index is 14.2. The van der Waals surface area contributed by atoms with Gasteiger partial charge in [-0.1, -0.05) is 19.8 Å². The summed E-state index contributed by atoms with van der Waals surface area (Å²) in [6, 6.07) is 13.5. The van der Waals surface area contributed by atoms with Gasteiger partial charge >= 0.3 is 17.9 Å². The summed E-state index contributed by atoms with van der Waals surface area (Å²) in [6.45, 7) is 8.38. The van der Waals surface area contributed by atoms with Crippen molar-refractivity contribution >= 4 is 29.7 Å². The Hall–Kier alpha value is -5.07. The molecule has 0 amide bonds. The van der Waals surface area contributed by atoms with Gasteiger partial charge in [0.25, 0.3) is 0 Å². The zero-order chi connectivity index (χ0) is 44.0. The number of rotatable bonds is 11. The van der Waals surface area contributed by atoms with Crippen LogP contribution in [0.2, 0.25) is 0 Å². The highest BCUT2D eigenvalue weighted by Crippen LogP contribution is 2.57. The number of ether oxygens (including phenoxy) is 6. The second kappa shape index (κ2) is 16.9. The minimum Gasteiger partial charge on any atom is -0.497 e. The lowest BCUT2D eigenvalue weighted by Crippen LogP contribution is -2.53. The standard InChI is InChI=1S/C48H54N2O11S/c1-45(2)18-20-62-38-14-10-29(21-34(38)45)9-12-32-13-11-30(27-49-32)43(52)60-39-23-31-22-35-36(59-28-58-35)24-33(31)41-42(37(56-5)25-47(41)16-8-19-50(39)47)61-44(53)48(55,26-40(51)57-6)17-7-15-46(3,4)54/h10-11,13-14,21-22,24-25,27,39,41-42,54-55H,7-8,15-20,23,26,28H2,1-6H3/t39?,41-,42-,47+,48?/m1/s1. The monoisotopic (exact) mass is 866 g/mol. The molecule has 1 fully saturated rings. The van der Waals surface area contributed by atoms with Gasteiger partial charge in [-0.3, -0.25) is 9.69 Å².